The van der Waals surface area contributed by atoms with Gasteiger partial charge in [0, 0.05) is 35.9 Å². The molecule has 2 aromatic heterocycles. The van der Waals surface area contributed by atoms with Crippen LogP contribution in [0.25, 0.3) is 12.2 Å². The Kier molecular flexibility index (Phi) is 4.01. The summed E-state index contributed by atoms with van der Waals surface area (Å²) in [6.45, 7) is 0. The third-order valence-corrected chi connectivity index (χ3v) is 3.53. The summed E-state index contributed by atoms with van der Waals surface area (Å²) in [5.74, 6) is 0.147. The molecule has 0 atom stereocenters. The van der Waals surface area contributed by atoms with Crippen molar-refractivity contribution in [2.75, 3.05) is 0 Å². The van der Waals surface area contributed by atoms with Crippen LogP contribution in [0, 0.1) is 0 Å². The highest BCUT2D eigenvalue weighted by atomic mass is 16.1. The monoisotopic (exact) mass is 276 g/mol. The van der Waals surface area contributed by atoms with E-state index in [4.69, 9.17) is 0 Å². The summed E-state index contributed by atoms with van der Waals surface area (Å²) in [6.07, 6.45) is 13.6. The number of carbonyl (C=O) groups is 1. The van der Waals surface area contributed by atoms with E-state index in [1.807, 2.05) is 36.4 Å². The first-order valence-corrected chi connectivity index (χ1v) is 7.09. The van der Waals surface area contributed by atoms with Gasteiger partial charge in [0.15, 0.2) is 5.78 Å². The summed E-state index contributed by atoms with van der Waals surface area (Å²) in [4.78, 5) is 20.7. The maximum absolute atomic E-state index is 12.6. The Morgan fingerprint density at radius 2 is 1.38 bits per heavy atom. The summed E-state index contributed by atoms with van der Waals surface area (Å²) in [6, 6.07) is 7.69. The van der Waals surface area contributed by atoms with E-state index >= 15 is 0 Å². The Bertz CT molecular complexity index is 628. The standard InChI is InChI=1S/C18H16N2O/c21-18-16(10-14-4-2-8-19-12-14)6-1-7-17(18)11-15-5-3-9-20-13-15/h2-5,8-13H,1,6-7H2. The second kappa shape index (κ2) is 6.27. The Morgan fingerprint density at radius 1 is 0.857 bits per heavy atom. The van der Waals surface area contributed by atoms with Crippen LogP contribution in [0.4, 0.5) is 0 Å². The van der Waals surface area contributed by atoms with Gasteiger partial charge in [0.2, 0.25) is 0 Å². The number of aromatic nitrogens is 2. The summed E-state index contributed by atoms with van der Waals surface area (Å²) < 4.78 is 0. The van der Waals surface area contributed by atoms with E-state index in [-0.39, 0.29) is 5.78 Å². The van der Waals surface area contributed by atoms with Crippen LogP contribution >= 0.6 is 0 Å². The molecule has 3 nitrogen and oxygen atoms in total. The molecule has 0 bridgehead atoms. The van der Waals surface area contributed by atoms with Crippen LogP contribution in [-0.4, -0.2) is 15.8 Å². The van der Waals surface area contributed by atoms with Gasteiger partial charge in [-0.25, -0.2) is 0 Å². The fourth-order valence-corrected chi connectivity index (χ4v) is 2.50. The zero-order valence-electron chi connectivity index (χ0n) is 11.7. The number of allylic oxidation sites excluding steroid dienone is 2. The van der Waals surface area contributed by atoms with Gasteiger partial charge >= 0.3 is 0 Å². The maximum atomic E-state index is 12.6. The van der Waals surface area contributed by atoms with E-state index in [0.29, 0.717) is 0 Å². The zero-order chi connectivity index (χ0) is 14.5. The van der Waals surface area contributed by atoms with Gasteiger partial charge in [0.25, 0.3) is 0 Å². The molecule has 1 fully saturated rings. The van der Waals surface area contributed by atoms with Gasteiger partial charge in [-0.3, -0.25) is 14.8 Å². The van der Waals surface area contributed by atoms with Gasteiger partial charge in [-0.05, 0) is 54.7 Å². The van der Waals surface area contributed by atoms with Crippen molar-refractivity contribution in [3.63, 3.8) is 0 Å². The predicted octanol–water partition coefficient (Wildman–Crippen LogP) is 3.70. The van der Waals surface area contributed by atoms with Gasteiger partial charge in [-0.2, -0.15) is 0 Å². The highest BCUT2D eigenvalue weighted by Gasteiger charge is 2.20. The van der Waals surface area contributed by atoms with Crippen LogP contribution in [0.5, 0.6) is 0 Å². The SMILES string of the molecule is O=C1C(=Cc2cccnc2)CCCC1=Cc1cccnc1. The molecule has 0 saturated heterocycles. The molecule has 3 heteroatoms. The van der Waals surface area contributed by atoms with Crippen molar-refractivity contribution >= 4 is 17.9 Å². The number of carbonyl (C=O) groups excluding carboxylic acids is 1. The smallest absolute Gasteiger partial charge is 0.185 e. The Balaban J connectivity index is 1.88. The highest BCUT2D eigenvalue weighted by molar-refractivity contribution is 6.13. The van der Waals surface area contributed by atoms with Crippen molar-refractivity contribution in [3.05, 3.63) is 71.3 Å². The van der Waals surface area contributed by atoms with Crippen LogP contribution in [0.2, 0.25) is 0 Å². The molecule has 0 amide bonds. The second-order valence-electron chi connectivity index (χ2n) is 5.09. The van der Waals surface area contributed by atoms with Gasteiger partial charge in [-0.1, -0.05) is 12.1 Å². The third kappa shape index (κ3) is 3.31. The molecule has 0 unspecified atom stereocenters. The second-order valence-corrected chi connectivity index (χ2v) is 5.09. The average Bonchev–Trinajstić information content (AvgIpc) is 2.53. The lowest BCUT2D eigenvalue weighted by Gasteiger charge is -2.16. The van der Waals surface area contributed by atoms with Crippen LogP contribution in [-0.2, 0) is 4.79 Å². The molecule has 2 heterocycles. The van der Waals surface area contributed by atoms with E-state index in [1.54, 1.807) is 24.8 Å². The number of Topliss-reactive ketones (excluding diaryl/α,β-unsaturated/α-hetero) is 1. The number of pyridine rings is 2. The quantitative estimate of drug-likeness (QED) is 0.785. The van der Waals surface area contributed by atoms with E-state index < -0.39 is 0 Å². The van der Waals surface area contributed by atoms with Gasteiger partial charge in [0.1, 0.15) is 0 Å². The number of hydrogen-bond acceptors (Lipinski definition) is 3. The maximum Gasteiger partial charge on any atom is 0.185 e. The molecular formula is C18H16N2O. The van der Waals surface area contributed by atoms with Gasteiger partial charge < -0.3 is 0 Å². The molecule has 104 valence electrons. The minimum atomic E-state index is 0.147. The number of rotatable bonds is 2. The Hall–Kier alpha value is -2.55. The Morgan fingerprint density at radius 3 is 1.81 bits per heavy atom. The first-order valence-electron chi connectivity index (χ1n) is 7.09. The molecule has 2 aromatic rings. The van der Waals surface area contributed by atoms with Crippen molar-refractivity contribution in [2.45, 2.75) is 19.3 Å². The first-order chi connectivity index (χ1) is 10.3. The molecule has 0 N–H and O–H groups in total. The molecular weight excluding hydrogens is 260 g/mol. The lowest BCUT2D eigenvalue weighted by molar-refractivity contribution is -0.112. The summed E-state index contributed by atoms with van der Waals surface area (Å²) in [5.41, 5.74) is 3.68. The molecule has 1 aliphatic rings. The van der Waals surface area contributed by atoms with Crippen LogP contribution in [0.1, 0.15) is 30.4 Å². The Labute approximate surface area is 124 Å². The molecule has 0 radical (unpaired) electrons. The molecule has 1 saturated carbocycles. The van der Waals surface area contributed by atoms with Crippen molar-refractivity contribution < 1.29 is 4.79 Å². The molecule has 0 spiro atoms. The van der Waals surface area contributed by atoms with Crippen LogP contribution in [0.15, 0.2) is 60.2 Å². The van der Waals surface area contributed by atoms with Crippen molar-refractivity contribution in [3.8, 4) is 0 Å². The largest absolute Gasteiger partial charge is 0.289 e. The first kappa shape index (κ1) is 13.4. The topological polar surface area (TPSA) is 42.9 Å². The van der Waals surface area contributed by atoms with E-state index in [1.165, 1.54) is 0 Å². The number of hydrogen-bond donors (Lipinski definition) is 0. The molecule has 0 aliphatic heterocycles. The van der Waals surface area contributed by atoms with E-state index in [0.717, 1.165) is 41.5 Å². The molecule has 3 rings (SSSR count). The minimum absolute atomic E-state index is 0.147. The lowest BCUT2D eigenvalue weighted by Crippen LogP contribution is -2.12. The molecule has 0 aromatic carbocycles. The lowest BCUT2D eigenvalue weighted by atomic mass is 9.87. The van der Waals surface area contributed by atoms with E-state index in [9.17, 15) is 4.79 Å². The van der Waals surface area contributed by atoms with Crippen molar-refractivity contribution in [2.24, 2.45) is 0 Å². The summed E-state index contributed by atoms with van der Waals surface area (Å²) >= 11 is 0. The molecule has 21 heavy (non-hydrogen) atoms. The van der Waals surface area contributed by atoms with Crippen LogP contribution in [0.3, 0.4) is 0 Å². The fraction of sp³-hybridized carbons (Fsp3) is 0.167. The third-order valence-electron chi connectivity index (χ3n) is 3.53. The number of nitrogens with zero attached hydrogens (tertiary/aromatic N) is 2. The van der Waals surface area contributed by atoms with Gasteiger partial charge in [-0.15, -0.1) is 0 Å². The minimum Gasteiger partial charge on any atom is -0.289 e. The normalized spacial score (nSPS) is 19.1. The zero-order valence-corrected chi connectivity index (χ0v) is 11.7. The molecule has 1 aliphatic carbocycles. The average molecular weight is 276 g/mol. The van der Waals surface area contributed by atoms with E-state index in [2.05, 4.69) is 9.97 Å². The van der Waals surface area contributed by atoms with Crippen molar-refractivity contribution in [1.82, 2.24) is 9.97 Å². The van der Waals surface area contributed by atoms with Crippen LogP contribution < -0.4 is 0 Å². The highest BCUT2D eigenvalue weighted by Crippen LogP contribution is 2.27. The van der Waals surface area contributed by atoms with Crippen molar-refractivity contribution in [1.29, 1.82) is 0 Å². The summed E-state index contributed by atoms with van der Waals surface area (Å²) in [7, 11) is 0. The fourth-order valence-electron chi connectivity index (χ4n) is 2.50. The van der Waals surface area contributed by atoms with Gasteiger partial charge in [0.05, 0.1) is 0 Å². The summed E-state index contributed by atoms with van der Waals surface area (Å²) in [5, 5.41) is 0. The number of ketones is 1. The predicted molar refractivity (Wildman–Crippen MR) is 83.3 cm³/mol.